The number of rotatable bonds is 1. The number of urea groups is 1. The van der Waals surface area contributed by atoms with Gasteiger partial charge in [0.25, 0.3) is 0 Å². The number of anilines is 1. The number of hydrogen-bond acceptors (Lipinski definition) is 4. The highest BCUT2D eigenvalue weighted by Gasteiger charge is 2.44. The normalized spacial score (nSPS) is 28.5. The maximum atomic E-state index is 12.2. The van der Waals surface area contributed by atoms with Crippen LogP contribution in [-0.4, -0.2) is 35.1 Å². The van der Waals surface area contributed by atoms with Crippen molar-refractivity contribution < 1.29 is 9.53 Å². The summed E-state index contributed by atoms with van der Waals surface area (Å²) >= 11 is 1.55. The van der Waals surface area contributed by atoms with E-state index < -0.39 is 0 Å². The lowest BCUT2D eigenvalue weighted by Crippen LogP contribution is -2.57. The predicted molar refractivity (Wildman–Crippen MR) is 72.3 cm³/mol. The van der Waals surface area contributed by atoms with Crippen molar-refractivity contribution in [2.24, 2.45) is 5.92 Å². The van der Waals surface area contributed by atoms with Gasteiger partial charge in [-0.15, -0.1) is 0 Å². The fourth-order valence-corrected chi connectivity index (χ4v) is 4.30. The van der Waals surface area contributed by atoms with Crippen molar-refractivity contribution in [3.05, 3.63) is 10.6 Å². The second-order valence-electron chi connectivity index (χ2n) is 5.53. The fourth-order valence-electron chi connectivity index (χ4n) is 3.37. The third-order valence-corrected chi connectivity index (χ3v) is 5.41. The third kappa shape index (κ3) is 1.94. The predicted octanol–water partition coefficient (Wildman–Crippen LogP) is 2.23. The van der Waals surface area contributed by atoms with Gasteiger partial charge in [0.2, 0.25) is 0 Å². The van der Waals surface area contributed by atoms with Crippen molar-refractivity contribution in [3.8, 4) is 0 Å². The molecule has 2 aliphatic heterocycles. The van der Waals surface area contributed by atoms with Crippen LogP contribution in [-0.2, 0) is 17.8 Å². The van der Waals surface area contributed by atoms with E-state index in [9.17, 15) is 4.79 Å². The van der Waals surface area contributed by atoms with Crippen LogP contribution in [0, 0.1) is 5.92 Å². The highest BCUT2D eigenvalue weighted by molar-refractivity contribution is 7.15. The number of carbonyl (C=O) groups is 1. The van der Waals surface area contributed by atoms with Crippen molar-refractivity contribution in [2.45, 2.75) is 38.3 Å². The van der Waals surface area contributed by atoms with Gasteiger partial charge in [0, 0.05) is 19.0 Å². The Morgan fingerprint density at radius 1 is 1.47 bits per heavy atom. The van der Waals surface area contributed by atoms with Crippen molar-refractivity contribution in [1.82, 2.24) is 9.88 Å². The van der Waals surface area contributed by atoms with Crippen LogP contribution in [0.15, 0.2) is 0 Å². The topological polar surface area (TPSA) is 54.5 Å². The first-order chi connectivity index (χ1) is 9.31. The molecule has 102 valence electrons. The monoisotopic (exact) mass is 279 g/mol. The molecule has 2 unspecified atom stereocenters. The Hall–Kier alpha value is -1.14. The summed E-state index contributed by atoms with van der Waals surface area (Å²) < 4.78 is 5.40. The van der Waals surface area contributed by atoms with Crippen molar-refractivity contribution >= 4 is 22.5 Å². The number of fused-ring (bicyclic) bond motifs is 2. The molecule has 0 radical (unpaired) electrons. The van der Waals surface area contributed by atoms with E-state index >= 15 is 0 Å². The number of aromatic nitrogens is 1. The first-order valence-electron chi connectivity index (χ1n) is 6.95. The van der Waals surface area contributed by atoms with Gasteiger partial charge in [0.1, 0.15) is 0 Å². The molecule has 3 aliphatic rings. The Labute approximate surface area is 116 Å². The van der Waals surface area contributed by atoms with Crippen LogP contribution in [0.2, 0.25) is 0 Å². The second-order valence-corrected chi connectivity index (χ2v) is 6.62. The molecule has 4 rings (SSSR count). The first kappa shape index (κ1) is 11.7. The minimum absolute atomic E-state index is 0.0233. The minimum atomic E-state index is 0.0233. The zero-order valence-electron chi connectivity index (χ0n) is 10.7. The number of nitrogens with zero attached hydrogens (tertiary/aromatic N) is 2. The number of nitrogens with one attached hydrogen (secondary N) is 1. The molecule has 5 nitrogen and oxygen atoms in total. The lowest BCUT2D eigenvalue weighted by atomic mass is 9.93. The van der Waals surface area contributed by atoms with E-state index in [2.05, 4.69) is 10.3 Å². The Balaban J connectivity index is 1.43. The summed E-state index contributed by atoms with van der Waals surface area (Å²) in [7, 11) is 0. The molecule has 2 amide bonds. The molecule has 1 N–H and O–H groups in total. The largest absolute Gasteiger partial charge is 0.375 e. The highest BCUT2D eigenvalue weighted by Crippen LogP contribution is 2.39. The molecule has 6 heteroatoms. The molecular formula is C13H17N3O2S. The molecule has 1 saturated carbocycles. The van der Waals surface area contributed by atoms with Crippen molar-refractivity contribution in [2.75, 3.05) is 18.5 Å². The van der Waals surface area contributed by atoms with Crippen LogP contribution in [0.25, 0.3) is 0 Å². The van der Waals surface area contributed by atoms with E-state index in [4.69, 9.17) is 4.74 Å². The standard InChI is InChI=1S/C13H17N3O2S/c17-13(16-6-8-2-1-3-10(8)16)15-12-14-9-4-5-18-7-11(9)19-12/h8,10H,1-7H2,(H,14,15,17). The maximum absolute atomic E-state index is 12.2. The number of ether oxygens (including phenoxy) is 1. The minimum Gasteiger partial charge on any atom is -0.375 e. The van der Waals surface area contributed by atoms with Gasteiger partial charge in [0.05, 0.1) is 23.8 Å². The molecule has 1 saturated heterocycles. The highest BCUT2D eigenvalue weighted by atomic mass is 32.1. The SMILES string of the molecule is O=C(Nc1nc2c(s1)COCC2)N1CC2CCCC21. The van der Waals surface area contributed by atoms with Gasteiger partial charge in [-0.2, -0.15) is 0 Å². The van der Waals surface area contributed by atoms with Crippen molar-refractivity contribution in [1.29, 1.82) is 0 Å². The summed E-state index contributed by atoms with van der Waals surface area (Å²) in [5.41, 5.74) is 1.09. The maximum Gasteiger partial charge on any atom is 0.323 e. The molecule has 1 aromatic rings. The number of hydrogen-bond donors (Lipinski definition) is 1. The lowest BCUT2D eigenvalue weighted by molar-refractivity contribution is 0.0797. The summed E-state index contributed by atoms with van der Waals surface area (Å²) in [5, 5.41) is 3.68. The average Bonchev–Trinajstić information content (AvgIpc) is 2.93. The van der Waals surface area contributed by atoms with Gasteiger partial charge in [0.15, 0.2) is 5.13 Å². The molecule has 3 heterocycles. The average molecular weight is 279 g/mol. The summed E-state index contributed by atoms with van der Waals surface area (Å²) in [5.74, 6) is 0.753. The van der Waals surface area contributed by atoms with Gasteiger partial charge in [-0.05, 0) is 18.8 Å². The quantitative estimate of drug-likeness (QED) is 0.857. The number of thiazole rings is 1. The molecule has 0 bridgehead atoms. The Kier molecular flexibility index (Phi) is 2.73. The number of carbonyl (C=O) groups excluding carboxylic acids is 1. The second kappa shape index (κ2) is 4.45. The molecule has 1 aromatic heterocycles. The van der Waals surface area contributed by atoms with E-state index in [-0.39, 0.29) is 6.03 Å². The fraction of sp³-hybridized carbons (Fsp3) is 0.692. The van der Waals surface area contributed by atoms with Crippen molar-refractivity contribution in [3.63, 3.8) is 0 Å². The Bertz CT molecular complexity index is 492. The Morgan fingerprint density at radius 3 is 3.26 bits per heavy atom. The molecule has 19 heavy (non-hydrogen) atoms. The molecule has 0 spiro atoms. The van der Waals surface area contributed by atoms with Crippen LogP contribution >= 0.6 is 11.3 Å². The zero-order chi connectivity index (χ0) is 12.8. The first-order valence-corrected chi connectivity index (χ1v) is 7.77. The Morgan fingerprint density at radius 2 is 2.42 bits per heavy atom. The molecule has 1 aliphatic carbocycles. The van der Waals surface area contributed by atoms with E-state index in [0.29, 0.717) is 12.6 Å². The van der Waals surface area contributed by atoms with Crippen LogP contribution < -0.4 is 5.32 Å². The van der Waals surface area contributed by atoms with E-state index in [0.717, 1.165) is 41.2 Å². The molecule has 2 fully saturated rings. The van der Waals surface area contributed by atoms with Gasteiger partial charge >= 0.3 is 6.03 Å². The molecule has 2 atom stereocenters. The van der Waals surface area contributed by atoms with Crippen LogP contribution in [0.3, 0.4) is 0 Å². The zero-order valence-corrected chi connectivity index (χ0v) is 11.5. The van der Waals surface area contributed by atoms with Crippen LogP contribution in [0.5, 0.6) is 0 Å². The van der Waals surface area contributed by atoms with E-state index in [1.807, 2.05) is 4.90 Å². The summed E-state index contributed by atoms with van der Waals surface area (Å²) in [4.78, 5) is 19.8. The summed E-state index contributed by atoms with van der Waals surface area (Å²) in [6.07, 6.45) is 4.58. The number of amides is 2. The summed E-state index contributed by atoms with van der Waals surface area (Å²) in [6, 6.07) is 0.507. The van der Waals surface area contributed by atoms with Gasteiger partial charge in [-0.25, -0.2) is 9.78 Å². The van der Waals surface area contributed by atoms with Crippen LogP contribution in [0.1, 0.15) is 29.8 Å². The molecular weight excluding hydrogens is 262 g/mol. The third-order valence-electron chi connectivity index (χ3n) is 4.42. The van der Waals surface area contributed by atoms with E-state index in [1.165, 1.54) is 19.3 Å². The van der Waals surface area contributed by atoms with E-state index in [1.54, 1.807) is 11.3 Å². The van der Waals surface area contributed by atoms with Gasteiger partial charge in [-0.3, -0.25) is 5.32 Å². The van der Waals surface area contributed by atoms with Crippen LogP contribution in [0.4, 0.5) is 9.93 Å². The lowest BCUT2D eigenvalue weighted by Gasteiger charge is -2.44. The molecule has 0 aromatic carbocycles. The summed E-state index contributed by atoms with van der Waals surface area (Å²) in [6.45, 7) is 2.29. The van der Waals surface area contributed by atoms with Gasteiger partial charge < -0.3 is 9.64 Å². The smallest absolute Gasteiger partial charge is 0.323 e. The van der Waals surface area contributed by atoms with Gasteiger partial charge in [-0.1, -0.05) is 17.8 Å². The number of likely N-dealkylation sites (tertiary alicyclic amines) is 1.